The number of hydrogen-bond acceptors (Lipinski definition) is 10. The van der Waals surface area contributed by atoms with E-state index in [1.807, 2.05) is 0 Å². The second kappa shape index (κ2) is 10.5. The maximum absolute atomic E-state index is 13.5. The van der Waals surface area contributed by atoms with E-state index in [0.717, 1.165) is 68.5 Å². The standard InChI is InChI=1S/C25H29F3N8O3/c1-37-24-30-9-16(10-31-24)14-5-6-36-20(8-14)34-35-21(36)15-3-2-4-17(7-15)32-23-29-11-19(25(26,27)28)22(33-23)39-18-12-38-13-18/h9-11,14-15,17-18H,2-8,12-13H2,1H3,(H,29,32,33)/t14-,15+,17-/m1/s1. The average molecular weight is 547 g/mol. The summed E-state index contributed by atoms with van der Waals surface area (Å²) in [6, 6.07) is 0.333. The fourth-order valence-electron chi connectivity index (χ4n) is 5.48. The maximum atomic E-state index is 13.5. The van der Waals surface area contributed by atoms with Gasteiger partial charge in [0.05, 0.1) is 20.3 Å². The van der Waals surface area contributed by atoms with Crippen molar-refractivity contribution < 1.29 is 27.4 Å². The molecular weight excluding hydrogens is 517 g/mol. The summed E-state index contributed by atoms with van der Waals surface area (Å²) in [5.41, 5.74) is 0.0642. The van der Waals surface area contributed by atoms with E-state index in [-0.39, 0.29) is 37.0 Å². The maximum Gasteiger partial charge on any atom is 0.423 e. The van der Waals surface area contributed by atoms with Crippen LogP contribution in [0.1, 0.15) is 66.7 Å². The predicted molar refractivity (Wildman–Crippen MR) is 131 cm³/mol. The third-order valence-corrected chi connectivity index (χ3v) is 7.61. The summed E-state index contributed by atoms with van der Waals surface area (Å²) in [4.78, 5) is 16.5. The highest BCUT2D eigenvalue weighted by atomic mass is 19.4. The van der Waals surface area contributed by atoms with Crippen molar-refractivity contribution in [2.24, 2.45) is 0 Å². The van der Waals surface area contributed by atoms with Gasteiger partial charge in [0.25, 0.3) is 0 Å². The molecule has 3 aliphatic rings. The van der Waals surface area contributed by atoms with Crippen LogP contribution in [0.5, 0.6) is 11.9 Å². The van der Waals surface area contributed by atoms with E-state index in [2.05, 4.69) is 40.0 Å². The highest BCUT2D eigenvalue weighted by Gasteiger charge is 2.38. The van der Waals surface area contributed by atoms with Crippen molar-refractivity contribution in [1.82, 2.24) is 34.7 Å². The van der Waals surface area contributed by atoms with Gasteiger partial charge in [0, 0.05) is 43.5 Å². The van der Waals surface area contributed by atoms with Gasteiger partial charge in [-0.05, 0) is 37.2 Å². The van der Waals surface area contributed by atoms with Crippen LogP contribution in [0, 0.1) is 0 Å². The minimum atomic E-state index is -4.61. The Morgan fingerprint density at radius 2 is 1.85 bits per heavy atom. The Balaban J connectivity index is 1.13. The number of aromatic nitrogens is 7. The van der Waals surface area contributed by atoms with Gasteiger partial charge in [-0.1, -0.05) is 6.42 Å². The summed E-state index contributed by atoms with van der Waals surface area (Å²) < 4.78 is 58.2. The summed E-state index contributed by atoms with van der Waals surface area (Å²) in [6.07, 6.45) is 4.55. The second-order valence-corrected chi connectivity index (χ2v) is 10.2. The van der Waals surface area contributed by atoms with Crippen molar-refractivity contribution in [3.8, 4) is 11.9 Å². The number of anilines is 1. The minimum Gasteiger partial charge on any atom is -0.469 e. The van der Waals surface area contributed by atoms with Crippen LogP contribution in [0.4, 0.5) is 19.1 Å². The van der Waals surface area contributed by atoms with Gasteiger partial charge in [-0.3, -0.25) is 0 Å². The van der Waals surface area contributed by atoms with Crippen molar-refractivity contribution >= 4 is 5.95 Å². The molecule has 14 heteroatoms. The molecule has 6 rings (SSSR count). The summed E-state index contributed by atoms with van der Waals surface area (Å²) in [5, 5.41) is 12.3. The Hall–Kier alpha value is -3.55. The lowest BCUT2D eigenvalue weighted by Gasteiger charge is -2.31. The molecule has 3 aromatic heterocycles. The Labute approximate surface area is 222 Å². The lowest BCUT2D eigenvalue weighted by Crippen LogP contribution is -2.39. The summed E-state index contributed by atoms with van der Waals surface area (Å²) in [5.74, 6) is 2.00. The number of fused-ring (bicyclic) bond motifs is 1. The molecule has 1 N–H and O–H groups in total. The number of halogens is 3. The third-order valence-electron chi connectivity index (χ3n) is 7.61. The smallest absolute Gasteiger partial charge is 0.423 e. The van der Waals surface area contributed by atoms with Crippen LogP contribution in [0.2, 0.25) is 0 Å². The molecule has 0 aromatic carbocycles. The van der Waals surface area contributed by atoms with Crippen molar-refractivity contribution in [2.75, 3.05) is 25.6 Å². The fourth-order valence-corrected chi connectivity index (χ4v) is 5.48. The Morgan fingerprint density at radius 1 is 1.03 bits per heavy atom. The molecule has 3 atom stereocenters. The zero-order valence-electron chi connectivity index (χ0n) is 21.4. The quantitative estimate of drug-likeness (QED) is 0.471. The molecule has 208 valence electrons. The van der Waals surface area contributed by atoms with Crippen LogP contribution < -0.4 is 14.8 Å². The summed E-state index contributed by atoms with van der Waals surface area (Å²) in [6.45, 7) is 1.29. The molecule has 1 aliphatic carbocycles. The lowest BCUT2D eigenvalue weighted by molar-refractivity contribution is -0.142. The molecule has 2 aliphatic heterocycles. The number of alkyl halides is 3. The van der Waals surface area contributed by atoms with Crippen LogP contribution in [0.3, 0.4) is 0 Å². The van der Waals surface area contributed by atoms with Crippen LogP contribution in [-0.2, 0) is 23.9 Å². The number of ether oxygens (including phenoxy) is 3. The number of rotatable bonds is 7. The Bertz CT molecular complexity index is 1300. The van der Waals surface area contributed by atoms with Gasteiger partial charge in [0.2, 0.25) is 11.8 Å². The van der Waals surface area contributed by atoms with E-state index in [1.54, 1.807) is 19.5 Å². The van der Waals surface area contributed by atoms with Gasteiger partial charge < -0.3 is 24.1 Å². The van der Waals surface area contributed by atoms with Gasteiger partial charge in [-0.2, -0.15) is 18.2 Å². The number of methoxy groups -OCH3 is 1. The Kier molecular flexibility index (Phi) is 6.95. The van der Waals surface area contributed by atoms with E-state index in [9.17, 15) is 13.2 Å². The van der Waals surface area contributed by atoms with Crippen LogP contribution in [0.15, 0.2) is 18.6 Å². The number of nitrogens with one attached hydrogen (secondary N) is 1. The minimum absolute atomic E-state index is 0.0129. The normalized spacial score (nSPS) is 23.5. The molecule has 0 spiro atoms. The topological polar surface area (TPSA) is 122 Å². The highest BCUT2D eigenvalue weighted by molar-refractivity contribution is 5.36. The monoisotopic (exact) mass is 546 g/mol. The van der Waals surface area contributed by atoms with Gasteiger partial charge in [-0.15, -0.1) is 10.2 Å². The molecule has 2 fully saturated rings. The predicted octanol–water partition coefficient (Wildman–Crippen LogP) is 3.53. The SMILES string of the molecule is COc1ncc([C@@H]2CCn3c(nnc3[C@H]3CCC[C@@H](Nc4ncc(C(F)(F)F)c(OC5COC5)n4)C3)C2)cn1. The van der Waals surface area contributed by atoms with Gasteiger partial charge in [0.1, 0.15) is 23.3 Å². The van der Waals surface area contributed by atoms with Crippen LogP contribution in [-0.4, -0.2) is 67.2 Å². The third kappa shape index (κ3) is 5.47. The van der Waals surface area contributed by atoms with Crippen molar-refractivity contribution in [2.45, 2.75) is 75.2 Å². The number of nitrogens with zero attached hydrogens (tertiary/aromatic N) is 7. The van der Waals surface area contributed by atoms with Crippen LogP contribution in [0.25, 0.3) is 0 Å². The van der Waals surface area contributed by atoms with Crippen molar-refractivity contribution in [3.63, 3.8) is 0 Å². The summed E-state index contributed by atoms with van der Waals surface area (Å²) >= 11 is 0. The molecule has 1 saturated carbocycles. The van der Waals surface area contributed by atoms with Gasteiger partial charge in [-0.25, -0.2) is 15.0 Å². The van der Waals surface area contributed by atoms with Crippen molar-refractivity contribution in [3.05, 3.63) is 41.4 Å². The zero-order valence-corrected chi connectivity index (χ0v) is 21.4. The van der Waals surface area contributed by atoms with Gasteiger partial charge in [0.15, 0.2) is 0 Å². The fraction of sp³-hybridized carbons (Fsp3) is 0.600. The van der Waals surface area contributed by atoms with E-state index < -0.39 is 23.7 Å². The molecular formula is C25H29F3N8O3. The molecule has 39 heavy (non-hydrogen) atoms. The lowest BCUT2D eigenvalue weighted by atomic mass is 9.84. The molecule has 0 radical (unpaired) electrons. The largest absolute Gasteiger partial charge is 0.469 e. The first kappa shape index (κ1) is 25.7. The zero-order chi connectivity index (χ0) is 27.0. The molecule has 0 amide bonds. The molecule has 11 nitrogen and oxygen atoms in total. The van der Waals surface area contributed by atoms with Crippen molar-refractivity contribution in [1.29, 1.82) is 0 Å². The van der Waals surface area contributed by atoms with E-state index in [4.69, 9.17) is 14.2 Å². The molecule has 3 aromatic rings. The Morgan fingerprint density at radius 3 is 2.56 bits per heavy atom. The van der Waals surface area contributed by atoms with E-state index >= 15 is 0 Å². The molecule has 0 bridgehead atoms. The first-order valence-electron chi connectivity index (χ1n) is 13.1. The van der Waals surface area contributed by atoms with E-state index in [1.165, 1.54) is 0 Å². The molecule has 5 heterocycles. The summed E-state index contributed by atoms with van der Waals surface area (Å²) in [7, 11) is 1.54. The molecule has 0 unspecified atom stereocenters. The van der Waals surface area contributed by atoms with Crippen LogP contribution >= 0.6 is 0 Å². The average Bonchev–Trinajstić information content (AvgIpc) is 3.34. The number of hydrogen-bond donors (Lipinski definition) is 1. The molecule has 1 saturated heterocycles. The first-order chi connectivity index (χ1) is 18.9. The van der Waals surface area contributed by atoms with E-state index in [0.29, 0.717) is 6.01 Å². The first-order valence-corrected chi connectivity index (χ1v) is 13.1. The van der Waals surface area contributed by atoms with Gasteiger partial charge >= 0.3 is 12.2 Å². The highest BCUT2D eigenvalue weighted by Crippen LogP contribution is 2.38. The second-order valence-electron chi connectivity index (χ2n) is 10.2.